The molecule has 2 aromatic rings. The number of aliphatic hydroxyl groups excluding tert-OH is 1. The van der Waals surface area contributed by atoms with E-state index < -0.39 is 0 Å². The summed E-state index contributed by atoms with van der Waals surface area (Å²) in [7, 11) is 0. The fourth-order valence-corrected chi connectivity index (χ4v) is 2.44. The van der Waals surface area contributed by atoms with Crippen molar-refractivity contribution >= 4 is 22.9 Å². The topological polar surface area (TPSA) is 88.2 Å². The lowest BCUT2D eigenvalue weighted by molar-refractivity contribution is 0.102. The number of aliphatic hydroxyl groups is 1. The van der Waals surface area contributed by atoms with Crippen LogP contribution < -0.4 is 11.1 Å². The van der Waals surface area contributed by atoms with Crippen molar-refractivity contribution in [2.45, 2.75) is 19.4 Å². The predicted octanol–water partition coefficient (Wildman–Crippen LogP) is 1.95. The molecule has 6 heteroatoms. The molecule has 0 aliphatic carbocycles. The fourth-order valence-electron chi connectivity index (χ4n) is 1.68. The third-order valence-electron chi connectivity index (χ3n) is 2.76. The van der Waals surface area contributed by atoms with Gasteiger partial charge >= 0.3 is 0 Å². The maximum absolute atomic E-state index is 12.0. The highest BCUT2D eigenvalue weighted by Gasteiger charge is 2.12. The van der Waals surface area contributed by atoms with Crippen LogP contribution in [-0.4, -0.2) is 22.6 Å². The Morgan fingerprint density at radius 3 is 2.70 bits per heavy atom. The predicted molar refractivity (Wildman–Crippen MR) is 79.9 cm³/mol. The van der Waals surface area contributed by atoms with Gasteiger partial charge in [-0.15, -0.1) is 11.3 Å². The summed E-state index contributed by atoms with van der Waals surface area (Å²) in [6.45, 7) is 1.95. The Morgan fingerprint density at radius 2 is 2.15 bits per heavy atom. The van der Waals surface area contributed by atoms with Crippen molar-refractivity contribution in [1.82, 2.24) is 4.98 Å². The number of carbonyl (C=O) groups excluding carboxylic acids is 1. The number of nitrogens with one attached hydrogen (secondary N) is 1. The van der Waals surface area contributed by atoms with Crippen LogP contribution in [0, 0.1) is 0 Å². The Labute approximate surface area is 121 Å². The number of nitrogens with two attached hydrogens (primary N) is 1. The van der Waals surface area contributed by atoms with E-state index in [1.807, 2.05) is 31.2 Å². The summed E-state index contributed by atoms with van der Waals surface area (Å²) < 4.78 is 0. The van der Waals surface area contributed by atoms with Crippen molar-refractivity contribution in [3.8, 4) is 0 Å². The molecule has 1 heterocycles. The third-order valence-corrected chi connectivity index (χ3v) is 3.80. The van der Waals surface area contributed by atoms with Gasteiger partial charge in [0.15, 0.2) is 0 Å². The summed E-state index contributed by atoms with van der Waals surface area (Å²) in [5, 5.41) is 14.1. The number of thiazole rings is 1. The fraction of sp³-hybridized carbons (Fsp3) is 0.286. The third kappa shape index (κ3) is 3.63. The van der Waals surface area contributed by atoms with Crippen LogP contribution in [0.3, 0.4) is 0 Å². The molecule has 1 aromatic carbocycles. The van der Waals surface area contributed by atoms with Crippen LogP contribution in [0.15, 0.2) is 29.6 Å². The van der Waals surface area contributed by atoms with Crippen molar-refractivity contribution in [2.75, 3.05) is 11.9 Å². The second kappa shape index (κ2) is 6.60. The van der Waals surface area contributed by atoms with Gasteiger partial charge in [-0.25, -0.2) is 4.98 Å². The average Bonchev–Trinajstić information content (AvgIpc) is 2.91. The van der Waals surface area contributed by atoms with Crippen molar-refractivity contribution in [3.05, 3.63) is 45.9 Å². The zero-order valence-corrected chi connectivity index (χ0v) is 12.0. The first-order valence-electron chi connectivity index (χ1n) is 6.32. The average molecular weight is 291 g/mol. The minimum absolute atomic E-state index is 0.116. The molecule has 20 heavy (non-hydrogen) atoms. The molecular formula is C14H17N3O2S. The monoisotopic (exact) mass is 291 g/mol. The molecule has 0 spiro atoms. The molecule has 1 amide bonds. The van der Waals surface area contributed by atoms with E-state index in [9.17, 15) is 4.79 Å². The van der Waals surface area contributed by atoms with Crippen LogP contribution in [-0.2, 0) is 6.42 Å². The first-order chi connectivity index (χ1) is 9.60. The van der Waals surface area contributed by atoms with E-state index in [-0.39, 0.29) is 18.6 Å². The van der Waals surface area contributed by atoms with Gasteiger partial charge in [-0.05, 0) is 31.0 Å². The molecular weight excluding hydrogens is 274 g/mol. The van der Waals surface area contributed by atoms with Crippen LogP contribution in [0.5, 0.6) is 0 Å². The molecule has 0 saturated carbocycles. The molecule has 1 aromatic heterocycles. The van der Waals surface area contributed by atoms with E-state index in [4.69, 9.17) is 10.8 Å². The van der Waals surface area contributed by atoms with E-state index in [1.54, 1.807) is 5.38 Å². The molecule has 2 rings (SSSR count). The first-order valence-corrected chi connectivity index (χ1v) is 7.20. The van der Waals surface area contributed by atoms with Crippen molar-refractivity contribution in [1.29, 1.82) is 0 Å². The maximum atomic E-state index is 12.0. The van der Waals surface area contributed by atoms with Crippen LogP contribution in [0.2, 0.25) is 0 Å². The van der Waals surface area contributed by atoms with Gasteiger partial charge < -0.3 is 16.2 Å². The SMILES string of the molecule is CC(N)c1nc(C(=O)Nc2ccc(CCO)cc2)cs1. The second-order valence-electron chi connectivity index (χ2n) is 4.48. The standard InChI is InChI=1S/C14H17N3O2S/c1-9(15)14-17-12(8-20-14)13(19)16-11-4-2-10(3-5-11)6-7-18/h2-5,8-9,18H,6-7,15H2,1H3,(H,16,19). The largest absolute Gasteiger partial charge is 0.396 e. The number of amides is 1. The van der Waals surface area contributed by atoms with Crippen molar-refractivity contribution in [2.24, 2.45) is 5.73 Å². The molecule has 4 N–H and O–H groups in total. The quantitative estimate of drug-likeness (QED) is 0.785. The Bertz CT molecular complexity index is 578. The van der Waals surface area contributed by atoms with Gasteiger partial charge in [0.25, 0.3) is 5.91 Å². The molecule has 1 unspecified atom stereocenters. The van der Waals surface area contributed by atoms with Gasteiger partial charge in [0, 0.05) is 17.7 Å². The summed E-state index contributed by atoms with van der Waals surface area (Å²) >= 11 is 1.38. The van der Waals surface area contributed by atoms with Crippen molar-refractivity contribution in [3.63, 3.8) is 0 Å². The van der Waals surface area contributed by atoms with E-state index in [2.05, 4.69) is 10.3 Å². The number of carbonyl (C=O) groups is 1. The Hall–Kier alpha value is -1.76. The minimum Gasteiger partial charge on any atom is -0.396 e. The van der Waals surface area contributed by atoms with E-state index in [0.29, 0.717) is 17.8 Å². The number of anilines is 1. The van der Waals surface area contributed by atoms with Crippen LogP contribution in [0.1, 0.15) is 34.0 Å². The van der Waals surface area contributed by atoms with Gasteiger partial charge in [-0.2, -0.15) is 0 Å². The normalized spacial score (nSPS) is 12.2. The van der Waals surface area contributed by atoms with Gasteiger partial charge in [0.05, 0.1) is 6.04 Å². The molecule has 0 saturated heterocycles. The zero-order valence-electron chi connectivity index (χ0n) is 11.2. The highest BCUT2D eigenvalue weighted by Crippen LogP contribution is 2.17. The highest BCUT2D eigenvalue weighted by molar-refractivity contribution is 7.09. The minimum atomic E-state index is -0.247. The molecule has 0 fully saturated rings. The number of benzene rings is 1. The summed E-state index contributed by atoms with van der Waals surface area (Å²) in [5.74, 6) is -0.247. The zero-order chi connectivity index (χ0) is 14.5. The molecule has 0 radical (unpaired) electrons. The van der Waals surface area contributed by atoms with Crippen LogP contribution in [0.25, 0.3) is 0 Å². The highest BCUT2D eigenvalue weighted by atomic mass is 32.1. The smallest absolute Gasteiger partial charge is 0.275 e. The molecule has 5 nitrogen and oxygen atoms in total. The van der Waals surface area contributed by atoms with Gasteiger partial charge in [0.2, 0.25) is 0 Å². The van der Waals surface area contributed by atoms with Crippen molar-refractivity contribution < 1.29 is 9.90 Å². The maximum Gasteiger partial charge on any atom is 0.275 e. The van der Waals surface area contributed by atoms with Gasteiger partial charge in [-0.1, -0.05) is 12.1 Å². The van der Waals surface area contributed by atoms with E-state index in [1.165, 1.54) is 11.3 Å². The van der Waals surface area contributed by atoms with E-state index >= 15 is 0 Å². The number of hydrogen-bond donors (Lipinski definition) is 3. The van der Waals surface area contributed by atoms with Gasteiger partial charge in [0.1, 0.15) is 10.7 Å². The number of nitrogens with zero attached hydrogens (tertiary/aromatic N) is 1. The lowest BCUT2D eigenvalue weighted by Crippen LogP contribution is -2.13. The summed E-state index contributed by atoms with van der Waals surface area (Å²) in [5.41, 5.74) is 7.82. The number of hydrogen-bond acceptors (Lipinski definition) is 5. The number of aromatic nitrogens is 1. The molecule has 1 atom stereocenters. The number of rotatable bonds is 5. The van der Waals surface area contributed by atoms with Crippen LogP contribution >= 0.6 is 11.3 Å². The summed E-state index contributed by atoms with van der Waals surface area (Å²) in [6, 6.07) is 7.20. The van der Waals surface area contributed by atoms with Gasteiger partial charge in [-0.3, -0.25) is 4.79 Å². The molecule has 0 aliphatic rings. The Kier molecular flexibility index (Phi) is 4.84. The lowest BCUT2D eigenvalue weighted by atomic mass is 10.1. The molecule has 106 valence electrons. The second-order valence-corrected chi connectivity index (χ2v) is 5.37. The van der Waals surface area contributed by atoms with Crippen LogP contribution in [0.4, 0.5) is 5.69 Å². The first kappa shape index (κ1) is 14.6. The van der Waals surface area contributed by atoms with E-state index in [0.717, 1.165) is 10.6 Å². The molecule has 0 bridgehead atoms. The summed E-state index contributed by atoms with van der Waals surface area (Å²) in [6.07, 6.45) is 0.609. The summed E-state index contributed by atoms with van der Waals surface area (Å²) in [4.78, 5) is 16.2. The lowest BCUT2D eigenvalue weighted by Gasteiger charge is -2.04. The molecule has 0 aliphatic heterocycles. The Balaban J connectivity index is 2.03. The Morgan fingerprint density at radius 1 is 1.45 bits per heavy atom.